The van der Waals surface area contributed by atoms with E-state index < -0.39 is 25.5 Å². The maximum absolute atomic E-state index is 13.9. The molecular weight excluding hydrogens is 440 g/mol. The molecule has 150 valence electrons. The van der Waals surface area contributed by atoms with E-state index in [0.717, 1.165) is 0 Å². The average Bonchev–Trinajstić information content (AvgIpc) is 3.44. The van der Waals surface area contributed by atoms with Crippen LogP contribution in [0.25, 0.3) is 0 Å². The van der Waals surface area contributed by atoms with E-state index in [-0.39, 0.29) is 7.25 Å². The Hall–Kier alpha value is -1.12. The summed E-state index contributed by atoms with van der Waals surface area (Å²) in [5, 5.41) is 0. The molecule has 0 aromatic carbocycles. The quantitative estimate of drug-likeness (QED) is 0.336. The van der Waals surface area contributed by atoms with Crippen LogP contribution in [-0.4, -0.2) is 13.9 Å². The molecule has 0 unspecified atom stereocenters. The van der Waals surface area contributed by atoms with Crippen molar-refractivity contribution in [1.29, 1.82) is 0 Å². The Morgan fingerprint density at radius 1 is 0.786 bits per heavy atom. The van der Waals surface area contributed by atoms with Gasteiger partial charge < -0.3 is 0 Å². The van der Waals surface area contributed by atoms with E-state index in [4.69, 9.17) is 0 Å². The van der Waals surface area contributed by atoms with Gasteiger partial charge in [0.05, 0.1) is 0 Å². The summed E-state index contributed by atoms with van der Waals surface area (Å²) >= 11 is -5.60. The SMILES string of the molecule is CC1=C(C)[C](C)([Zr]([CH]=O)([CH]=O)([CH]2C=CC=C2)([CH]2C=CC=C2)[SiH](C)C)C(C)=C1C. The molecule has 0 fully saturated rings. The van der Waals surface area contributed by atoms with Crippen molar-refractivity contribution < 1.29 is 26.0 Å². The summed E-state index contributed by atoms with van der Waals surface area (Å²) in [5.74, 6) is -1.86. The van der Waals surface area contributed by atoms with Gasteiger partial charge in [0.1, 0.15) is 0 Å². The number of hydrogen-bond acceptors (Lipinski definition) is 2. The van der Waals surface area contributed by atoms with E-state index >= 15 is 0 Å². The van der Waals surface area contributed by atoms with Gasteiger partial charge >= 0.3 is 169 Å². The van der Waals surface area contributed by atoms with E-state index in [1.54, 1.807) is 0 Å². The van der Waals surface area contributed by atoms with Gasteiger partial charge in [-0.05, 0) is 0 Å². The van der Waals surface area contributed by atoms with Crippen molar-refractivity contribution in [2.75, 3.05) is 0 Å². The van der Waals surface area contributed by atoms with Crippen LogP contribution in [0.3, 0.4) is 0 Å². The van der Waals surface area contributed by atoms with Crippen LogP contribution in [0.2, 0.25) is 23.5 Å². The zero-order valence-electron chi connectivity index (χ0n) is 18.3. The van der Waals surface area contributed by atoms with Crippen LogP contribution in [0.15, 0.2) is 70.9 Å². The molecule has 0 saturated carbocycles. The van der Waals surface area contributed by atoms with E-state index in [1.165, 1.54) is 30.3 Å². The van der Waals surface area contributed by atoms with Crippen molar-refractivity contribution in [3.8, 4) is 0 Å². The van der Waals surface area contributed by atoms with Crippen LogP contribution in [0.1, 0.15) is 34.6 Å². The predicted molar refractivity (Wildman–Crippen MR) is 122 cm³/mol. The number of allylic oxidation sites excluding steroid dienone is 12. The maximum atomic E-state index is 13.9. The molecule has 0 bridgehead atoms. The Morgan fingerprint density at radius 3 is 1.36 bits per heavy atom. The molecule has 28 heavy (non-hydrogen) atoms. The van der Waals surface area contributed by atoms with Gasteiger partial charge in [0.2, 0.25) is 0 Å². The summed E-state index contributed by atoms with van der Waals surface area (Å²) in [6.07, 6.45) is 16.8. The summed E-state index contributed by atoms with van der Waals surface area (Å²) in [6.45, 7) is 15.5. The first-order valence-electron chi connectivity index (χ1n) is 10.4. The first-order chi connectivity index (χ1) is 13.1. The van der Waals surface area contributed by atoms with Crippen LogP contribution < -0.4 is 0 Å². The van der Waals surface area contributed by atoms with Crippen LogP contribution in [0, 0.1) is 0 Å². The minimum absolute atomic E-state index is 0.0890. The Kier molecular flexibility index (Phi) is 4.77. The first kappa shape index (κ1) is 21.6. The Morgan fingerprint density at radius 2 is 1.11 bits per heavy atom. The summed E-state index contributed by atoms with van der Waals surface area (Å²) in [7, 11) is 0. The molecule has 0 N–H and O–H groups in total. The fourth-order valence-electron chi connectivity index (χ4n) is 7.71. The second-order valence-corrected chi connectivity index (χ2v) is 49.1. The molecule has 0 amide bonds. The van der Waals surface area contributed by atoms with Crippen molar-refractivity contribution in [2.24, 2.45) is 0 Å². The van der Waals surface area contributed by atoms with Crippen LogP contribution in [0.4, 0.5) is 0 Å². The number of carbonyl (C=O) groups is 2. The molecule has 3 aliphatic rings. The van der Waals surface area contributed by atoms with Gasteiger partial charge in [0, 0.05) is 0 Å². The van der Waals surface area contributed by atoms with Gasteiger partial charge in [-0.2, -0.15) is 0 Å². The van der Waals surface area contributed by atoms with E-state index in [1.807, 2.05) is 24.3 Å². The molecule has 0 radical (unpaired) electrons. The zero-order valence-corrected chi connectivity index (χ0v) is 21.9. The summed E-state index contributed by atoms with van der Waals surface area (Å²) < 4.78 is 1.92. The van der Waals surface area contributed by atoms with Crippen molar-refractivity contribution in [1.82, 2.24) is 0 Å². The third-order valence-electron chi connectivity index (χ3n) is 10.3. The third kappa shape index (κ3) is 1.68. The average molecular weight is 474 g/mol. The molecule has 3 aliphatic carbocycles. The first-order valence-corrected chi connectivity index (χ1v) is 24.5. The molecule has 4 heteroatoms. The summed E-state index contributed by atoms with van der Waals surface area (Å²) in [6, 6.07) is 0. The molecule has 0 spiro atoms. The Bertz CT molecular complexity index is 867. The Balaban J connectivity index is 2.73. The predicted octanol–water partition coefficient (Wildman–Crippen LogP) is 6.27. The Labute approximate surface area is 168 Å². The van der Waals surface area contributed by atoms with Gasteiger partial charge in [-0.15, -0.1) is 0 Å². The standard InChI is InChI=1S/C10H15.2C5H5.C2H7Si.2CHO.Zr/c1-6-7(2)9(4)10(5)8(6)3;2*1-2-4-5-3-1;1-3-2;2*1-2;/h1-5H3;2*1-5H;3H,1-2H3;2*1H;. The number of rotatable bonds is 6. The molecule has 0 aromatic rings. The molecule has 3 rings (SSSR count). The van der Waals surface area contributed by atoms with Crippen molar-refractivity contribution in [2.45, 2.75) is 58.1 Å². The van der Waals surface area contributed by atoms with Gasteiger partial charge in [-0.25, -0.2) is 0 Å². The van der Waals surface area contributed by atoms with Gasteiger partial charge in [-0.3, -0.25) is 0 Å². The van der Waals surface area contributed by atoms with E-state index in [0.29, 0.717) is 0 Å². The number of hydrogen-bond donors (Lipinski definition) is 0. The minimum atomic E-state index is -5.60. The monoisotopic (exact) mass is 472 g/mol. The topological polar surface area (TPSA) is 34.1 Å². The fourth-order valence-corrected chi connectivity index (χ4v) is 59.9. The zero-order chi connectivity index (χ0) is 21.0. The molecular formula is C24H34O2SiZr. The normalized spacial score (nSPS) is 24.6. The van der Waals surface area contributed by atoms with Gasteiger partial charge in [0.25, 0.3) is 0 Å². The second-order valence-electron chi connectivity index (χ2n) is 9.99. The van der Waals surface area contributed by atoms with Gasteiger partial charge in [-0.1, -0.05) is 0 Å². The number of carbonyl (C=O) groups excluding carboxylic acids is 2. The molecule has 2 nitrogen and oxygen atoms in total. The van der Waals surface area contributed by atoms with Crippen LogP contribution in [0.5, 0.6) is 0 Å². The second kappa shape index (κ2) is 6.19. The molecule has 0 atom stereocenters. The van der Waals surface area contributed by atoms with Crippen molar-refractivity contribution in [3.05, 3.63) is 70.9 Å². The summed E-state index contributed by atoms with van der Waals surface area (Å²) in [4.78, 5) is 27.9. The summed E-state index contributed by atoms with van der Waals surface area (Å²) in [5.41, 5.74) is 4.99. The van der Waals surface area contributed by atoms with E-state index in [9.17, 15) is 9.59 Å². The molecule has 0 saturated heterocycles. The molecule has 0 aromatic heterocycles. The van der Waals surface area contributed by atoms with Crippen LogP contribution in [-0.2, 0) is 26.0 Å². The molecule has 0 aliphatic heterocycles. The fraction of sp³-hybridized carbons (Fsp3) is 0.417. The van der Waals surface area contributed by atoms with Gasteiger partial charge in [0.15, 0.2) is 0 Å². The van der Waals surface area contributed by atoms with Crippen molar-refractivity contribution in [3.63, 3.8) is 0 Å². The van der Waals surface area contributed by atoms with Crippen molar-refractivity contribution >= 4 is 13.9 Å². The third-order valence-corrected chi connectivity index (χ3v) is 70.3. The molecule has 0 heterocycles. The van der Waals surface area contributed by atoms with E-state index in [2.05, 4.69) is 72.0 Å². The van der Waals surface area contributed by atoms with Crippen LogP contribution >= 0.6 is 0 Å².